The number of nitrogens with zero attached hydrogens (tertiary/aromatic N) is 5. The third-order valence-corrected chi connectivity index (χ3v) is 7.77. The van der Waals surface area contributed by atoms with Gasteiger partial charge in [0.1, 0.15) is 16.8 Å². The van der Waals surface area contributed by atoms with Gasteiger partial charge < -0.3 is 0 Å². The molecule has 0 spiro atoms. The van der Waals surface area contributed by atoms with E-state index >= 15 is 0 Å². The Morgan fingerprint density at radius 3 is 2.46 bits per heavy atom. The summed E-state index contributed by atoms with van der Waals surface area (Å²) in [6, 6.07) is 14.4. The molecule has 37 heavy (non-hydrogen) atoms. The van der Waals surface area contributed by atoms with Crippen LogP contribution in [0, 0.1) is 24.6 Å². The van der Waals surface area contributed by atoms with Crippen molar-refractivity contribution in [1.82, 2.24) is 23.9 Å². The van der Waals surface area contributed by atoms with Crippen molar-refractivity contribution in [3.8, 4) is 5.69 Å². The molecule has 1 aliphatic carbocycles. The molecular weight excluding hydrogens is 485 g/mol. The van der Waals surface area contributed by atoms with E-state index in [1.165, 1.54) is 24.1 Å². The summed E-state index contributed by atoms with van der Waals surface area (Å²) in [5.41, 5.74) is 3.09. The van der Waals surface area contributed by atoms with Gasteiger partial charge in [0, 0.05) is 31.2 Å². The molecule has 0 radical (unpaired) electrons. The Morgan fingerprint density at radius 2 is 1.86 bits per heavy atom. The number of aryl methyl sites for hydroxylation is 2. The van der Waals surface area contributed by atoms with Gasteiger partial charge >= 0.3 is 0 Å². The summed E-state index contributed by atoms with van der Waals surface area (Å²) in [5.74, 6) is 1.41. The summed E-state index contributed by atoms with van der Waals surface area (Å²) in [7, 11) is -1.03. The highest BCUT2D eigenvalue weighted by molar-refractivity contribution is 7.82. The fourth-order valence-corrected chi connectivity index (χ4v) is 5.56. The van der Waals surface area contributed by atoms with E-state index < -0.39 is 11.0 Å². The standard InChI is InChI=1S/C14H11FN2.C10H15N3OS.C5H8/c1-10-2-3-11-9-16-17(14(11)8-10)13-6-4-12(15)5-7-13;1-2-12-4-3-10(11-12)15(14)13-6-8-5-9(8)7-13;1-3-5-4-2/h2-9H,1H3;3-4,8-9H,2,5-7H2,1H3;3-5H,1H2,2H3/b;;5-4-. The van der Waals surface area contributed by atoms with Gasteiger partial charge in [0.2, 0.25) is 0 Å². The first-order valence-corrected chi connectivity index (χ1v) is 13.7. The van der Waals surface area contributed by atoms with Crippen LogP contribution < -0.4 is 0 Å². The lowest BCUT2D eigenvalue weighted by molar-refractivity contribution is 0.481. The van der Waals surface area contributed by atoms with Crippen LogP contribution in [0.25, 0.3) is 16.6 Å². The Kier molecular flexibility index (Phi) is 8.84. The minimum atomic E-state index is -1.03. The van der Waals surface area contributed by atoms with Crippen LogP contribution in [-0.4, -0.2) is 41.2 Å². The summed E-state index contributed by atoms with van der Waals surface area (Å²) in [4.78, 5) is 0. The highest BCUT2D eigenvalue weighted by Gasteiger charge is 2.47. The second-order valence-electron chi connectivity index (χ2n) is 9.22. The van der Waals surface area contributed by atoms with Gasteiger partial charge in [-0.3, -0.25) is 4.68 Å². The molecule has 2 aliphatic rings. The Morgan fingerprint density at radius 1 is 1.14 bits per heavy atom. The summed E-state index contributed by atoms with van der Waals surface area (Å²) >= 11 is 0. The molecule has 2 aromatic heterocycles. The summed E-state index contributed by atoms with van der Waals surface area (Å²) in [5, 5.41) is 10.4. The second-order valence-corrected chi connectivity index (χ2v) is 10.7. The van der Waals surface area contributed by atoms with Crippen molar-refractivity contribution in [3.05, 3.63) is 97.1 Å². The number of hydrogen-bond donors (Lipinski definition) is 0. The lowest BCUT2D eigenvalue weighted by Gasteiger charge is -2.13. The molecule has 8 heteroatoms. The average Bonchev–Trinajstić information content (AvgIpc) is 3.29. The van der Waals surface area contributed by atoms with Crippen molar-refractivity contribution in [2.45, 2.75) is 38.8 Å². The molecule has 2 fully saturated rings. The van der Waals surface area contributed by atoms with E-state index in [4.69, 9.17) is 0 Å². The number of piperidine rings is 1. The summed E-state index contributed by atoms with van der Waals surface area (Å²) in [6.45, 7) is 12.3. The Hall–Kier alpha value is -3.36. The molecule has 3 atom stereocenters. The Bertz CT molecular complexity index is 1380. The van der Waals surface area contributed by atoms with Gasteiger partial charge in [0.05, 0.1) is 17.4 Å². The van der Waals surface area contributed by atoms with Crippen LogP contribution in [-0.2, 0) is 17.5 Å². The number of halogens is 1. The molecule has 1 saturated heterocycles. The molecule has 3 unspecified atom stereocenters. The van der Waals surface area contributed by atoms with Crippen LogP contribution in [0.5, 0.6) is 0 Å². The maximum Gasteiger partial charge on any atom is 0.164 e. The minimum Gasteiger partial charge on any atom is -0.272 e. The van der Waals surface area contributed by atoms with Gasteiger partial charge in [-0.1, -0.05) is 36.9 Å². The lowest BCUT2D eigenvalue weighted by atomic mass is 10.2. The van der Waals surface area contributed by atoms with Crippen molar-refractivity contribution in [2.24, 2.45) is 11.8 Å². The maximum atomic E-state index is 12.9. The molecule has 0 N–H and O–H groups in total. The average molecular weight is 520 g/mol. The molecule has 0 bridgehead atoms. The van der Waals surface area contributed by atoms with E-state index in [2.05, 4.69) is 33.2 Å². The van der Waals surface area contributed by atoms with Crippen LogP contribution in [0.15, 0.2) is 90.8 Å². The number of aromatic nitrogens is 4. The quantitative estimate of drug-likeness (QED) is 0.300. The van der Waals surface area contributed by atoms with Crippen LogP contribution in [0.1, 0.15) is 25.8 Å². The van der Waals surface area contributed by atoms with E-state index in [1.54, 1.807) is 18.2 Å². The predicted molar refractivity (Wildman–Crippen MR) is 148 cm³/mol. The molecule has 1 saturated carbocycles. The predicted octanol–water partition coefficient (Wildman–Crippen LogP) is 6.10. The first-order chi connectivity index (χ1) is 17.9. The number of benzene rings is 2. The number of fused-ring (bicyclic) bond motifs is 2. The highest BCUT2D eigenvalue weighted by Crippen LogP contribution is 2.45. The van der Waals surface area contributed by atoms with E-state index in [-0.39, 0.29) is 5.82 Å². The molecule has 194 valence electrons. The van der Waals surface area contributed by atoms with E-state index in [1.807, 2.05) is 66.8 Å². The van der Waals surface area contributed by atoms with Crippen LogP contribution in [0.3, 0.4) is 0 Å². The van der Waals surface area contributed by atoms with E-state index in [0.717, 1.165) is 48.1 Å². The Labute approximate surface area is 220 Å². The topological polar surface area (TPSA) is 56.0 Å². The van der Waals surface area contributed by atoms with E-state index in [0.29, 0.717) is 5.03 Å². The van der Waals surface area contributed by atoms with Crippen LogP contribution in [0.2, 0.25) is 0 Å². The van der Waals surface area contributed by atoms with Crippen molar-refractivity contribution < 1.29 is 8.60 Å². The van der Waals surface area contributed by atoms with Gasteiger partial charge in [-0.25, -0.2) is 17.6 Å². The van der Waals surface area contributed by atoms with E-state index in [9.17, 15) is 8.60 Å². The Balaban J connectivity index is 0.000000148. The van der Waals surface area contributed by atoms with Crippen molar-refractivity contribution in [3.63, 3.8) is 0 Å². The number of hydrogen-bond acceptors (Lipinski definition) is 3. The zero-order chi connectivity index (χ0) is 26.4. The largest absolute Gasteiger partial charge is 0.272 e. The van der Waals surface area contributed by atoms with Gasteiger partial charge in [-0.05, 0) is 81.0 Å². The molecule has 3 heterocycles. The van der Waals surface area contributed by atoms with Gasteiger partial charge in [0.25, 0.3) is 0 Å². The third-order valence-electron chi connectivity index (χ3n) is 6.43. The highest BCUT2D eigenvalue weighted by atomic mass is 32.2. The molecule has 4 aromatic rings. The van der Waals surface area contributed by atoms with Crippen molar-refractivity contribution in [1.29, 1.82) is 0 Å². The van der Waals surface area contributed by atoms with Crippen molar-refractivity contribution >= 4 is 21.9 Å². The monoisotopic (exact) mass is 519 g/mol. The summed E-state index contributed by atoms with van der Waals surface area (Å²) in [6.07, 6.45) is 10.6. The van der Waals surface area contributed by atoms with Gasteiger partial charge in [-0.2, -0.15) is 10.2 Å². The molecule has 0 amide bonds. The SMILES string of the molecule is C=C/C=C\C.CCn1ccc(S(=O)N2CC3CC3C2)n1.Cc1ccc2cnn(-c3ccc(F)cc3)c2c1. The molecule has 6 rings (SSSR count). The lowest BCUT2D eigenvalue weighted by Crippen LogP contribution is -2.25. The van der Waals surface area contributed by atoms with Gasteiger partial charge in [0.15, 0.2) is 5.03 Å². The normalized spacial score (nSPS) is 19.0. The minimum absolute atomic E-state index is 0.235. The van der Waals surface area contributed by atoms with Crippen LogP contribution in [0.4, 0.5) is 4.39 Å². The smallest absolute Gasteiger partial charge is 0.164 e. The molecule has 2 aromatic carbocycles. The zero-order valence-electron chi connectivity index (χ0n) is 21.6. The third kappa shape index (κ3) is 6.70. The summed E-state index contributed by atoms with van der Waals surface area (Å²) < 4.78 is 30.7. The van der Waals surface area contributed by atoms with Gasteiger partial charge in [-0.15, -0.1) is 0 Å². The number of allylic oxidation sites excluding steroid dienone is 3. The molecule has 6 nitrogen and oxygen atoms in total. The van der Waals surface area contributed by atoms with Crippen LogP contribution >= 0.6 is 0 Å². The zero-order valence-corrected chi connectivity index (χ0v) is 22.4. The first-order valence-electron chi connectivity index (χ1n) is 12.6. The molecule has 1 aliphatic heterocycles. The molecular formula is C29H34FN5OS. The number of rotatable bonds is 5. The van der Waals surface area contributed by atoms with Crippen molar-refractivity contribution in [2.75, 3.05) is 13.1 Å². The first kappa shape index (κ1) is 26.7. The second kappa shape index (κ2) is 12.3. The fourth-order valence-electron chi connectivity index (χ4n) is 4.29. The maximum absolute atomic E-state index is 12.9. The fraction of sp³-hybridized carbons (Fsp3) is 0.310.